The van der Waals surface area contributed by atoms with Crippen LogP contribution in [-0.2, 0) is 0 Å². The molecule has 2 aromatic rings. The van der Waals surface area contributed by atoms with Gasteiger partial charge in [0.15, 0.2) is 0 Å². The Kier molecular flexibility index (Phi) is 5.47. The van der Waals surface area contributed by atoms with Gasteiger partial charge in [-0.1, -0.05) is 30.3 Å². The molecule has 1 saturated carbocycles. The molecule has 1 fully saturated rings. The quantitative estimate of drug-likeness (QED) is 0.906. The van der Waals surface area contributed by atoms with Crippen LogP contribution in [0, 0.1) is 0 Å². The normalized spacial score (nSPS) is 20.4. The monoisotopic (exact) mass is 324 g/mol. The summed E-state index contributed by atoms with van der Waals surface area (Å²) in [7, 11) is 0. The van der Waals surface area contributed by atoms with E-state index in [0.717, 1.165) is 25.7 Å². The first-order valence-corrected chi connectivity index (χ1v) is 8.71. The lowest BCUT2D eigenvalue weighted by atomic mass is 9.82. The van der Waals surface area contributed by atoms with Crippen LogP contribution in [0.4, 0.5) is 0 Å². The lowest BCUT2D eigenvalue weighted by Crippen LogP contribution is -2.37. The molecule has 0 spiro atoms. The standard InChI is InChI=1S/C20H24N2O2/c1-2-24-20-18(9-6-14-21-20)19(23)22-17-12-10-16(11-13-17)15-7-4-3-5-8-15/h3-9,14,16-17H,2,10-13H2,1H3,(H,22,23). The summed E-state index contributed by atoms with van der Waals surface area (Å²) in [5.74, 6) is 0.932. The van der Waals surface area contributed by atoms with E-state index in [1.165, 1.54) is 5.56 Å². The summed E-state index contributed by atoms with van der Waals surface area (Å²) >= 11 is 0. The Morgan fingerprint density at radius 2 is 1.88 bits per heavy atom. The number of nitrogens with zero attached hydrogens (tertiary/aromatic N) is 1. The zero-order valence-corrected chi connectivity index (χ0v) is 14.1. The van der Waals surface area contributed by atoms with Crippen molar-refractivity contribution in [3.05, 3.63) is 59.8 Å². The fourth-order valence-corrected chi connectivity index (χ4v) is 3.37. The Labute approximate surface area is 143 Å². The largest absolute Gasteiger partial charge is 0.477 e. The van der Waals surface area contributed by atoms with Crippen molar-refractivity contribution in [1.82, 2.24) is 10.3 Å². The summed E-state index contributed by atoms with van der Waals surface area (Å²) < 4.78 is 5.45. The molecule has 1 heterocycles. The number of nitrogens with one attached hydrogen (secondary N) is 1. The van der Waals surface area contributed by atoms with E-state index >= 15 is 0 Å². The lowest BCUT2D eigenvalue weighted by Gasteiger charge is -2.29. The number of hydrogen-bond acceptors (Lipinski definition) is 3. The minimum atomic E-state index is -0.0882. The van der Waals surface area contributed by atoms with Crippen molar-refractivity contribution < 1.29 is 9.53 Å². The van der Waals surface area contributed by atoms with Crippen molar-refractivity contribution in [3.63, 3.8) is 0 Å². The van der Waals surface area contributed by atoms with Gasteiger partial charge in [0.2, 0.25) is 5.88 Å². The zero-order chi connectivity index (χ0) is 16.8. The van der Waals surface area contributed by atoms with E-state index in [9.17, 15) is 4.79 Å². The number of amides is 1. The SMILES string of the molecule is CCOc1ncccc1C(=O)NC1CCC(c2ccccc2)CC1. The molecule has 0 unspecified atom stereocenters. The second-order valence-corrected chi connectivity index (χ2v) is 6.22. The molecule has 24 heavy (non-hydrogen) atoms. The molecule has 1 aromatic carbocycles. The molecule has 1 amide bonds. The third-order valence-corrected chi connectivity index (χ3v) is 4.63. The van der Waals surface area contributed by atoms with Crippen molar-refractivity contribution in [1.29, 1.82) is 0 Å². The highest BCUT2D eigenvalue weighted by molar-refractivity contribution is 5.96. The van der Waals surface area contributed by atoms with Crippen molar-refractivity contribution >= 4 is 5.91 Å². The molecular formula is C20H24N2O2. The van der Waals surface area contributed by atoms with E-state index in [0.29, 0.717) is 24.0 Å². The summed E-state index contributed by atoms with van der Waals surface area (Å²) in [6.07, 6.45) is 5.89. The fraction of sp³-hybridized carbons (Fsp3) is 0.400. The first-order chi connectivity index (χ1) is 11.8. The first kappa shape index (κ1) is 16.5. The van der Waals surface area contributed by atoms with Gasteiger partial charge in [-0.3, -0.25) is 4.79 Å². The Morgan fingerprint density at radius 3 is 2.58 bits per heavy atom. The molecule has 0 atom stereocenters. The highest BCUT2D eigenvalue weighted by Gasteiger charge is 2.24. The summed E-state index contributed by atoms with van der Waals surface area (Å²) in [6, 6.07) is 14.4. The van der Waals surface area contributed by atoms with Crippen molar-refractivity contribution in [2.75, 3.05) is 6.61 Å². The van der Waals surface area contributed by atoms with Crippen molar-refractivity contribution in [2.45, 2.75) is 44.6 Å². The molecule has 1 aliphatic carbocycles. The van der Waals surface area contributed by atoms with Crippen LogP contribution >= 0.6 is 0 Å². The maximum atomic E-state index is 12.5. The highest BCUT2D eigenvalue weighted by atomic mass is 16.5. The van der Waals surface area contributed by atoms with Crippen LogP contribution in [0.5, 0.6) is 5.88 Å². The average Bonchev–Trinajstić information content (AvgIpc) is 2.64. The number of aromatic nitrogens is 1. The van der Waals surface area contributed by atoms with Gasteiger partial charge in [-0.25, -0.2) is 4.98 Å². The van der Waals surface area contributed by atoms with E-state index in [1.54, 1.807) is 18.3 Å². The zero-order valence-electron chi connectivity index (χ0n) is 14.1. The first-order valence-electron chi connectivity index (χ1n) is 8.71. The molecular weight excluding hydrogens is 300 g/mol. The third kappa shape index (κ3) is 3.94. The molecule has 0 radical (unpaired) electrons. The summed E-state index contributed by atoms with van der Waals surface area (Å²) in [5.41, 5.74) is 1.93. The summed E-state index contributed by atoms with van der Waals surface area (Å²) in [6.45, 7) is 2.39. The fourth-order valence-electron chi connectivity index (χ4n) is 3.37. The molecule has 0 bridgehead atoms. The predicted octanol–water partition coefficient (Wildman–Crippen LogP) is 3.94. The molecule has 0 saturated heterocycles. The Hall–Kier alpha value is -2.36. The van der Waals surface area contributed by atoms with Crippen LogP contribution < -0.4 is 10.1 Å². The number of carbonyl (C=O) groups is 1. The predicted molar refractivity (Wildman–Crippen MR) is 94.3 cm³/mol. The number of carbonyl (C=O) groups excluding carboxylic acids is 1. The smallest absolute Gasteiger partial charge is 0.256 e. The van der Waals surface area contributed by atoms with Gasteiger partial charge < -0.3 is 10.1 Å². The molecule has 3 rings (SSSR count). The van der Waals surface area contributed by atoms with E-state index in [-0.39, 0.29) is 11.9 Å². The number of rotatable bonds is 5. The number of pyridine rings is 1. The molecule has 126 valence electrons. The number of hydrogen-bond donors (Lipinski definition) is 1. The van der Waals surface area contributed by atoms with Gasteiger partial charge in [-0.15, -0.1) is 0 Å². The van der Waals surface area contributed by atoms with Crippen LogP contribution in [0.3, 0.4) is 0 Å². The molecule has 4 heteroatoms. The molecule has 4 nitrogen and oxygen atoms in total. The van der Waals surface area contributed by atoms with Crippen LogP contribution in [0.25, 0.3) is 0 Å². The second kappa shape index (κ2) is 7.95. The number of ether oxygens (including phenoxy) is 1. The Balaban J connectivity index is 1.57. The van der Waals surface area contributed by atoms with Gasteiger partial charge in [0.25, 0.3) is 5.91 Å². The average molecular weight is 324 g/mol. The maximum Gasteiger partial charge on any atom is 0.256 e. The number of benzene rings is 1. The molecule has 1 aliphatic rings. The molecule has 1 aromatic heterocycles. The maximum absolute atomic E-state index is 12.5. The minimum absolute atomic E-state index is 0.0882. The van der Waals surface area contributed by atoms with Gasteiger partial charge in [0, 0.05) is 12.2 Å². The van der Waals surface area contributed by atoms with Gasteiger partial charge in [0.1, 0.15) is 5.56 Å². The van der Waals surface area contributed by atoms with Gasteiger partial charge in [0.05, 0.1) is 6.61 Å². The van der Waals surface area contributed by atoms with Gasteiger partial charge >= 0.3 is 0 Å². The lowest BCUT2D eigenvalue weighted by molar-refractivity contribution is 0.0921. The Morgan fingerprint density at radius 1 is 1.12 bits per heavy atom. The second-order valence-electron chi connectivity index (χ2n) is 6.22. The summed E-state index contributed by atoms with van der Waals surface area (Å²) in [5, 5.41) is 3.15. The Bertz CT molecular complexity index is 664. The van der Waals surface area contributed by atoms with Crippen LogP contribution in [-0.4, -0.2) is 23.5 Å². The molecule has 1 N–H and O–H groups in total. The van der Waals surface area contributed by atoms with Gasteiger partial charge in [-0.05, 0) is 56.2 Å². The van der Waals surface area contributed by atoms with E-state index in [2.05, 4.69) is 40.6 Å². The third-order valence-electron chi connectivity index (χ3n) is 4.63. The minimum Gasteiger partial charge on any atom is -0.477 e. The van der Waals surface area contributed by atoms with E-state index in [4.69, 9.17) is 4.74 Å². The van der Waals surface area contributed by atoms with E-state index < -0.39 is 0 Å². The highest BCUT2D eigenvalue weighted by Crippen LogP contribution is 2.32. The molecule has 0 aliphatic heterocycles. The van der Waals surface area contributed by atoms with Crippen molar-refractivity contribution in [2.24, 2.45) is 0 Å². The van der Waals surface area contributed by atoms with Crippen LogP contribution in [0.15, 0.2) is 48.7 Å². The van der Waals surface area contributed by atoms with Crippen molar-refractivity contribution in [3.8, 4) is 5.88 Å². The topological polar surface area (TPSA) is 51.2 Å². The summed E-state index contributed by atoms with van der Waals surface area (Å²) in [4.78, 5) is 16.7. The van der Waals surface area contributed by atoms with Crippen LogP contribution in [0.1, 0.15) is 54.4 Å². The van der Waals surface area contributed by atoms with Crippen LogP contribution in [0.2, 0.25) is 0 Å². The van der Waals surface area contributed by atoms with Gasteiger partial charge in [-0.2, -0.15) is 0 Å². The van der Waals surface area contributed by atoms with E-state index in [1.807, 2.05) is 6.92 Å².